The molecule has 2 amide bonds. The maximum atomic E-state index is 14.7. The van der Waals surface area contributed by atoms with Gasteiger partial charge in [-0.2, -0.15) is 0 Å². The first-order valence-electron chi connectivity index (χ1n) is 12.1. The fourth-order valence-electron chi connectivity index (χ4n) is 4.91. The second kappa shape index (κ2) is 10.6. The number of amides is 2. The summed E-state index contributed by atoms with van der Waals surface area (Å²) in [6.07, 6.45) is 0.232. The molecule has 2 atom stereocenters. The molecule has 0 aliphatic carbocycles. The van der Waals surface area contributed by atoms with Crippen molar-refractivity contribution >= 4 is 40.7 Å². The van der Waals surface area contributed by atoms with Crippen molar-refractivity contribution in [3.8, 4) is 5.88 Å². The molecular weight excluding hydrogens is 499 g/mol. The number of hydrogen-bond acceptors (Lipinski definition) is 9. The lowest BCUT2D eigenvalue weighted by Crippen LogP contribution is -2.54. The molecule has 2 aromatic heterocycles. The predicted octanol–water partition coefficient (Wildman–Crippen LogP) is 2.23. The van der Waals surface area contributed by atoms with Gasteiger partial charge in [0.15, 0.2) is 0 Å². The molecule has 10 nitrogen and oxygen atoms in total. The van der Waals surface area contributed by atoms with Crippen molar-refractivity contribution < 1.29 is 23.8 Å². The van der Waals surface area contributed by atoms with E-state index >= 15 is 0 Å². The summed E-state index contributed by atoms with van der Waals surface area (Å²) in [6.45, 7) is 1.67. The number of thioether (sulfide) groups is 1. The van der Waals surface area contributed by atoms with Gasteiger partial charge >= 0.3 is 0 Å². The number of piperidine rings is 1. The zero-order valence-corrected chi connectivity index (χ0v) is 21.5. The monoisotopic (exact) mass is 528 g/mol. The van der Waals surface area contributed by atoms with Gasteiger partial charge in [0.1, 0.15) is 17.3 Å². The zero-order valence-electron chi connectivity index (χ0n) is 20.7. The van der Waals surface area contributed by atoms with Crippen molar-refractivity contribution in [2.75, 3.05) is 56.7 Å². The Morgan fingerprint density at radius 3 is 2.95 bits per heavy atom. The second-order valence-corrected chi connectivity index (χ2v) is 10.3. The van der Waals surface area contributed by atoms with Crippen LogP contribution in [0.5, 0.6) is 5.88 Å². The minimum Gasteiger partial charge on any atom is -0.481 e. The number of β-amino-alcohol motifs (C(OH)–C–C–N with tert-alkyl or cyclic N) is 1. The summed E-state index contributed by atoms with van der Waals surface area (Å²) in [5.41, 5.74) is 2.08. The Hall–Kier alpha value is -3.22. The summed E-state index contributed by atoms with van der Waals surface area (Å²) < 4.78 is 19.9. The fourth-order valence-corrected chi connectivity index (χ4v) is 5.67. The van der Waals surface area contributed by atoms with E-state index in [1.165, 1.54) is 23.8 Å². The molecule has 0 saturated carbocycles. The van der Waals surface area contributed by atoms with Gasteiger partial charge in [-0.25, -0.2) is 14.4 Å². The van der Waals surface area contributed by atoms with E-state index in [-0.39, 0.29) is 35.9 Å². The summed E-state index contributed by atoms with van der Waals surface area (Å²) in [6, 6.07) is 6.61. The van der Waals surface area contributed by atoms with Crippen LogP contribution in [0.25, 0.3) is 5.57 Å². The van der Waals surface area contributed by atoms with Gasteiger partial charge in [0, 0.05) is 38.3 Å². The van der Waals surface area contributed by atoms with Crippen LogP contribution in [0, 0.1) is 0 Å². The molecule has 5 rings (SSSR count). The van der Waals surface area contributed by atoms with E-state index in [1.807, 2.05) is 6.07 Å². The van der Waals surface area contributed by atoms with Crippen LogP contribution in [0.2, 0.25) is 0 Å². The molecule has 37 heavy (non-hydrogen) atoms. The molecule has 0 spiro atoms. The highest BCUT2D eigenvalue weighted by Crippen LogP contribution is 2.34. The summed E-state index contributed by atoms with van der Waals surface area (Å²) in [5, 5.41) is 16.6. The normalized spacial score (nSPS) is 21.5. The van der Waals surface area contributed by atoms with Gasteiger partial charge in [-0.1, -0.05) is 0 Å². The summed E-state index contributed by atoms with van der Waals surface area (Å²) >= 11 is 1.38. The summed E-state index contributed by atoms with van der Waals surface area (Å²) in [7, 11) is 3.18. The lowest BCUT2D eigenvalue weighted by molar-refractivity contribution is -0.113. The van der Waals surface area contributed by atoms with Crippen molar-refractivity contribution in [2.45, 2.75) is 29.9 Å². The van der Waals surface area contributed by atoms with E-state index < -0.39 is 6.10 Å². The number of halogens is 1. The highest BCUT2D eigenvalue weighted by atomic mass is 32.2. The van der Waals surface area contributed by atoms with E-state index in [0.29, 0.717) is 61.2 Å². The van der Waals surface area contributed by atoms with Gasteiger partial charge in [-0.05, 0) is 31.0 Å². The number of aliphatic hydroxyl groups excluding tert-OH is 1. The molecule has 1 fully saturated rings. The summed E-state index contributed by atoms with van der Waals surface area (Å²) in [5.74, 6) is 0.425. The average Bonchev–Trinajstić information content (AvgIpc) is 2.91. The Kier molecular flexibility index (Phi) is 7.31. The Balaban J connectivity index is 1.20. The van der Waals surface area contributed by atoms with E-state index in [9.17, 15) is 19.1 Å². The number of likely N-dealkylation sites (N-methyl/N-ethyl adjacent to an activating group) is 1. The largest absolute Gasteiger partial charge is 0.481 e. The van der Waals surface area contributed by atoms with Crippen LogP contribution in [0.15, 0.2) is 35.0 Å². The zero-order chi connectivity index (χ0) is 26.1. The lowest BCUT2D eigenvalue weighted by atomic mass is 9.98. The molecule has 0 bridgehead atoms. The van der Waals surface area contributed by atoms with Gasteiger partial charge in [-0.15, -0.1) is 11.8 Å². The first-order valence-corrected chi connectivity index (χ1v) is 13.1. The molecule has 1 saturated heterocycles. The Morgan fingerprint density at radius 1 is 1.32 bits per heavy atom. The third kappa shape index (κ3) is 5.27. The van der Waals surface area contributed by atoms with E-state index in [1.54, 1.807) is 25.2 Å². The molecule has 0 radical (unpaired) electrons. The maximum absolute atomic E-state index is 14.7. The van der Waals surface area contributed by atoms with E-state index in [4.69, 9.17) is 4.74 Å². The number of anilines is 2. The number of carbonyl (C=O) groups is 2. The third-order valence-corrected chi connectivity index (χ3v) is 7.99. The molecule has 0 aromatic carbocycles. The van der Waals surface area contributed by atoms with Crippen molar-refractivity contribution in [3.05, 3.63) is 41.5 Å². The number of carbonyl (C=O) groups excluding carboxylic acids is 2. The molecule has 0 unspecified atom stereocenters. The van der Waals surface area contributed by atoms with Crippen LogP contribution in [-0.4, -0.2) is 94.9 Å². The van der Waals surface area contributed by atoms with E-state index in [2.05, 4.69) is 25.5 Å². The number of aromatic nitrogens is 2. The van der Waals surface area contributed by atoms with Gasteiger partial charge in [0.05, 0.1) is 47.8 Å². The van der Waals surface area contributed by atoms with Crippen LogP contribution in [0.4, 0.5) is 15.9 Å². The van der Waals surface area contributed by atoms with Crippen LogP contribution < -0.4 is 15.4 Å². The highest BCUT2D eigenvalue weighted by Gasteiger charge is 2.34. The number of methoxy groups -OCH3 is 1. The van der Waals surface area contributed by atoms with Gasteiger partial charge < -0.3 is 30.3 Å². The highest BCUT2D eigenvalue weighted by molar-refractivity contribution is 8.00. The van der Waals surface area contributed by atoms with Crippen LogP contribution >= 0.6 is 11.8 Å². The second-order valence-electron chi connectivity index (χ2n) is 9.26. The number of likely N-dealkylation sites (tertiary alicyclic amines) is 1. The van der Waals surface area contributed by atoms with Crippen molar-refractivity contribution in [3.63, 3.8) is 0 Å². The van der Waals surface area contributed by atoms with Crippen LogP contribution in [-0.2, 0) is 4.79 Å². The van der Waals surface area contributed by atoms with Gasteiger partial charge in [0.2, 0.25) is 11.8 Å². The Morgan fingerprint density at radius 2 is 2.16 bits per heavy atom. The summed E-state index contributed by atoms with van der Waals surface area (Å²) in [4.78, 5) is 38.0. The molecule has 12 heteroatoms. The molecule has 3 N–H and O–H groups in total. The van der Waals surface area contributed by atoms with Crippen LogP contribution in [0.3, 0.4) is 0 Å². The smallest absolute Gasteiger partial charge is 0.272 e. The first-order chi connectivity index (χ1) is 17.8. The lowest BCUT2D eigenvalue weighted by Gasteiger charge is -2.40. The standard InChI is InChI=1S/C25H29FN6O4S/c1-31(25(35)17-3-5-20-24(28-17)29-21(34)13-37-20)18-8-10-32(12-19(18)33)9-7-14-15(26)11-27-16-4-6-22(36-2)30-23(14)16/h3-6,18-19,27,33H,7-13H2,1-2H3,(H,28,29,34)/t18-,19+/m1/s1. The molecule has 3 aliphatic rings. The van der Waals surface area contributed by atoms with Crippen molar-refractivity contribution in [2.24, 2.45) is 0 Å². The molecular formula is C25H29FN6O4S. The molecule has 196 valence electrons. The molecule has 2 aromatic rings. The average molecular weight is 529 g/mol. The number of nitrogens with one attached hydrogen (secondary N) is 2. The van der Waals surface area contributed by atoms with Gasteiger partial charge in [-0.3, -0.25) is 9.59 Å². The van der Waals surface area contributed by atoms with E-state index in [0.717, 1.165) is 10.6 Å². The number of aliphatic hydroxyl groups is 1. The number of fused-ring (bicyclic) bond motifs is 2. The number of hydrogen-bond donors (Lipinski definition) is 3. The van der Waals surface area contributed by atoms with Gasteiger partial charge in [0.25, 0.3) is 5.91 Å². The minimum absolute atomic E-state index is 0.118. The Labute approximate surface area is 218 Å². The molecule has 5 heterocycles. The number of ether oxygens (including phenoxy) is 1. The number of rotatable bonds is 6. The first kappa shape index (κ1) is 25.4. The molecule has 3 aliphatic heterocycles. The topological polar surface area (TPSA) is 120 Å². The SMILES string of the molecule is COc1ccc2c(n1)C(CCN1CC[C@@H](N(C)C(=O)c3ccc4c(n3)NC(=O)CS4)[C@@H](O)C1)=C(F)CN2. The fraction of sp³-hybridized carbons (Fsp3) is 0.440. The third-order valence-electron chi connectivity index (χ3n) is 6.95. The number of pyridine rings is 2. The van der Waals surface area contributed by atoms with Crippen LogP contribution in [0.1, 0.15) is 29.0 Å². The minimum atomic E-state index is -0.770. The van der Waals surface area contributed by atoms with Crippen molar-refractivity contribution in [1.82, 2.24) is 19.8 Å². The quantitative estimate of drug-likeness (QED) is 0.518. The van der Waals surface area contributed by atoms with Crippen molar-refractivity contribution in [1.29, 1.82) is 0 Å². The predicted molar refractivity (Wildman–Crippen MR) is 138 cm³/mol. The maximum Gasteiger partial charge on any atom is 0.272 e. The Bertz CT molecular complexity index is 1260. The number of nitrogens with zero attached hydrogens (tertiary/aromatic N) is 4.